The molecule has 1 saturated carbocycles. The van der Waals surface area contributed by atoms with E-state index in [1.54, 1.807) is 0 Å². The Labute approximate surface area is 122 Å². The summed E-state index contributed by atoms with van der Waals surface area (Å²) in [4.78, 5) is 6.59. The number of pyridine rings is 1. The highest BCUT2D eigenvalue weighted by Gasteiger charge is 2.25. The smallest absolute Gasteiger partial charge is 0.0397 e. The van der Waals surface area contributed by atoms with Crippen molar-refractivity contribution in [2.45, 2.75) is 57.5 Å². The lowest BCUT2D eigenvalue weighted by molar-refractivity contribution is 0.310. The van der Waals surface area contributed by atoms with Gasteiger partial charge in [0.25, 0.3) is 0 Å². The van der Waals surface area contributed by atoms with Crippen molar-refractivity contribution in [3.8, 4) is 0 Å². The maximum atomic E-state index is 4.10. The third-order valence-electron chi connectivity index (χ3n) is 5.13. The predicted octanol–water partition coefficient (Wildman–Crippen LogP) is 3.22. The summed E-state index contributed by atoms with van der Waals surface area (Å²) in [6.07, 6.45) is 12.1. The van der Waals surface area contributed by atoms with Crippen LogP contribution >= 0.6 is 0 Å². The quantitative estimate of drug-likeness (QED) is 0.913. The molecule has 1 aromatic heterocycles. The highest BCUT2D eigenvalue weighted by atomic mass is 15.1. The number of anilines is 1. The number of hydrogen-bond donors (Lipinski definition) is 1. The molecule has 0 spiro atoms. The first kappa shape index (κ1) is 13.9. The van der Waals surface area contributed by atoms with Gasteiger partial charge in [-0.25, -0.2) is 0 Å². The summed E-state index contributed by atoms with van der Waals surface area (Å²) in [5.41, 5.74) is 1.32. The van der Waals surface area contributed by atoms with Gasteiger partial charge in [0.15, 0.2) is 0 Å². The van der Waals surface area contributed by atoms with Gasteiger partial charge >= 0.3 is 0 Å². The van der Waals surface area contributed by atoms with Crippen molar-refractivity contribution in [3.63, 3.8) is 0 Å². The molecule has 0 bridgehead atoms. The van der Waals surface area contributed by atoms with Gasteiger partial charge in [-0.2, -0.15) is 0 Å². The van der Waals surface area contributed by atoms with Crippen LogP contribution in [0.3, 0.4) is 0 Å². The Morgan fingerprint density at radius 3 is 2.40 bits per heavy atom. The van der Waals surface area contributed by atoms with Crippen LogP contribution in [0.4, 0.5) is 5.69 Å². The molecule has 2 aliphatic rings. The zero-order chi connectivity index (χ0) is 13.8. The molecule has 1 aliphatic carbocycles. The summed E-state index contributed by atoms with van der Waals surface area (Å²) in [7, 11) is 0. The van der Waals surface area contributed by atoms with E-state index < -0.39 is 0 Å². The average Bonchev–Trinajstić information content (AvgIpc) is 3.03. The summed E-state index contributed by atoms with van der Waals surface area (Å²) in [5, 5.41) is 3.89. The van der Waals surface area contributed by atoms with Gasteiger partial charge in [-0.1, -0.05) is 12.8 Å². The lowest BCUT2D eigenvalue weighted by Crippen LogP contribution is -2.47. The molecule has 0 unspecified atom stereocenters. The van der Waals surface area contributed by atoms with Crippen molar-refractivity contribution in [1.82, 2.24) is 10.3 Å². The third-order valence-corrected chi connectivity index (χ3v) is 5.13. The predicted molar refractivity (Wildman–Crippen MR) is 84.0 cm³/mol. The Kier molecular flexibility index (Phi) is 4.56. The van der Waals surface area contributed by atoms with Crippen LogP contribution in [0.15, 0.2) is 24.5 Å². The van der Waals surface area contributed by atoms with Crippen LogP contribution in [-0.4, -0.2) is 30.2 Å². The summed E-state index contributed by atoms with van der Waals surface area (Å²) in [5.74, 6) is 0.924. The first-order chi connectivity index (χ1) is 9.83. The zero-order valence-corrected chi connectivity index (χ0v) is 12.6. The molecule has 3 heteroatoms. The second-order valence-corrected chi connectivity index (χ2v) is 6.47. The molecular weight excluding hydrogens is 246 g/mol. The fourth-order valence-corrected chi connectivity index (χ4v) is 3.82. The van der Waals surface area contributed by atoms with Crippen molar-refractivity contribution in [3.05, 3.63) is 24.5 Å². The Bertz CT molecular complexity index is 392. The summed E-state index contributed by atoms with van der Waals surface area (Å²) < 4.78 is 0. The summed E-state index contributed by atoms with van der Waals surface area (Å²) in [6.45, 7) is 4.73. The van der Waals surface area contributed by atoms with Crippen LogP contribution in [0.5, 0.6) is 0 Å². The van der Waals surface area contributed by atoms with E-state index in [1.165, 1.54) is 57.3 Å². The minimum absolute atomic E-state index is 0.704. The molecular formula is C17H27N3. The number of hydrogen-bond acceptors (Lipinski definition) is 3. The normalized spacial score (nSPS) is 23.1. The Morgan fingerprint density at radius 2 is 1.75 bits per heavy atom. The molecule has 0 radical (unpaired) electrons. The molecule has 3 rings (SSSR count). The van der Waals surface area contributed by atoms with Crippen LogP contribution in [0.1, 0.15) is 45.4 Å². The van der Waals surface area contributed by atoms with Gasteiger partial charge in [0.2, 0.25) is 0 Å². The first-order valence-electron chi connectivity index (χ1n) is 8.24. The first-order valence-corrected chi connectivity index (χ1v) is 8.24. The topological polar surface area (TPSA) is 28.2 Å². The maximum absolute atomic E-state index is 4.10. The monoisotopic (exact) mass is 273 g/mol. The van der Waals surface area contributed by atoms with Crippen molar-refractivity contribution in [2.75, 3.05) is 18.0 Å². The number of rotatable bonds is 4. The molecule has 1 aliphatic heterocycles. The van der Waals surface area contributed by atoms with Gasteiger partial charge in [0, 0.05) is 43.3 Å². The lowest BCUT2D eigenvalue weighted by atomic mass is 9.96. The standard InChI is InChI=1S/C17H27N3/c1-14(15-4-2-3-5-15)19-16-8-12-20(13-9-16)17-6-10-18-11-7-17/h6-7,10-11,14-16,19H,2-5,8-9,12-13H2,1H3/t14-/m1/s1. The van der Waals surface area contributed by atoms with Gasteiger partial charge < -0.3 is 10.2 Å². The van der Waals surface area contributed by atoms with Crippen molar-refractivity contribution in [1.29, 1.82) is 0 Å². The Morgan fingerprint density at radius 1 is 1.10 bits per heavy atom. The molecule has 2 heterocycles. The van der Waals surface area contributed by atoms with Crippen molar-refractivity contribution in [2.24, 2.45) is 5.92 Å². The zero-order valence-electron chi connectivity index (χ0n) is 12.6. The van der Waals surface area contributed by atoms with E-state index in [4.69, 9.17) is 0 Å². The van der Waals surface area contributed by atoms with Crippen LogP contribution in [0, 0.1) is 5.92 Å². The highest BCUT2D eigenvalue weighted by molar-refractivity contribution is 5.44. The number of nitrogens with zero attached hydrogens (tertiary/aromatic N) is 2. The second kappa shape index (κ2) is 6.57. The van der Waals surface area contributed by atoms with Crippen LogP contribution in [0.2, 0.25) is 0 Å². The van der Waals surface area contributed by atoms with Crippen molar-refractivity contribution >= 4 is 5.69 Å². The van der Waals surface area contributed by atoms with E-state index in [-0.39, 0.29) is 0 Å². The fourth-order valence-electron chi connectivity index (χ4n) is 3.82. The van der Waals surface area contributed by atoms with Crippen molar-refractivity contribution < 1.29 is 0 Å². The van der Waals surface area contributed by atoms with Gasteiger partial charge in [-0.15, -0.1) is 0 Å². The molecule has 3 nitrogen and oxygen atoms in total. The van der Waals surface area contributed by atoms with Gasteiger partial charge in [-0.3, -0.25) is 4.98 Å². The Balaban J connectivity index is 1.46. The van der Waals surface area contributed by atoms with E-state index in [0.29, 0.717) is 12.1 Å². The second-order valence-electron chi connectivity index (χ2n) is 6.47. The molecule has 1 N–H and O–H groups in total. The molecule has 20 heavy (non-hydrogen) atoms. The summed E-state index contributed by atoms with van der Waals surface area (Å²) in [6, 6.07) is 5.66. The van der Waals surface area contributed by atoms with Crippen LogP contribution in [0.25, 0.3) is 0 Å². The molecule has 1 atom stereocenters. The van der Waals surface area contributed by atoms with Crippen LogP contribution in [-0.2, 0) is 0 Å². The van der Waals surface area contributed by atoms with Gasteiger partial charge in [-0.05, 0) is 50.7 Å². The number of piperidine rings is 1. The molecule has 0 amide bonds. The largest absolute Gasteiger partial charge is 0.371 e. The summed E-state index contributed by atoms with van der Waals surface area (Å²) >= 11 is 0. The minimum atomic E-state index is 0.704. The third kappa shape index (κ3) is 3.32. The maximum Gasteiger partial charge on any atom is 0.0397 e. The Hall–Kier alpha value is -1.09. The molecule has 1 aromatic rings. The number of nitrogens with one attached hydrogen (secondary N) is 1. The van der Waals surface area contributed by atoms with E-state index in [1.807, 2.05) is 12.4 Å². The van der Waals surface area contributed by atoms with E-state index in [9.17, 15) is 0 Å². The lowest BCUT2D eigenvalue weighted by Gasteiger charge is -2.36. The molecule has 2 fully saturated rings. The highest BCUT2D eigenvalue weighted by Crippen LogP contribution is 2.28. The van der Waals surface area contributed by atoms with E-state index >= 15 is 0 Å². The van der Waals surface area contributed by atoms with Crippen LogP contribution < -0.4 is 10.2 Å². The minimum Gasteiger partial charge on any atom is -0.371 e. The van der Waals surface area contributed by atoms with E-state index in [0.717, 1.165) is 5.92 Å². The molecule has 1 saturated heterocycles. The van der Waals surface area contributed by atoms with E-state index in [2.05, 4.69) is 34.3 Å². The van der Waals surface area contributed by atoms with Gasteiger partial charge in [0.05, 0.1) is 0 Å². The fraction of sp³-hybridized carbons (Fsp3) is 0.706. The SMILES string of the molecule is C[C@@H](NC1CCN(c2ccncc2)CC1)C1CCCC1. The average molecular weight is 273 g/mol. The molecule has 0 aromatic carbocycles. The number of aromatic nitrogens is 1. The molecule has 110 valence electrons. The van der Waals surface area contributed by atoms with Gasteiger partial charge in [0.1, 0.15) is 0 Å².